The molecule has 2 aromatic rings. The molecule has 1 fully saturated rings. The van der Waals surface area contributed by atoms with Crippen LogP contribution in [0.1, 0.15) is 53.8 Å². The highest BCUT2D eigenvalue weighted by Crippen LogP contribution is 2.26. The van der Waals surface area contributed by atoms with Gasteiger partial charge in [0, 0.05) is 32.3 Å². The summed E-state index contributed by atoms with van der Waals surface area (Å²) >= 11 is 0. The lowest BCUT2D eigenvalue weighted by Crippen LogP contribution is -2.43. The third-order valence-electron chi connectivity index (χ3n) is 5.90. The van der Waals surface area contributed by atoms with Gasteiger partial charge in [0.25, 0.3) is 5.91 Å². The minimum absolute atomic E-state index is 0.0390. The summed E-state index contributed by atoms with van der Waals surface area (Å²) in [6.07, 6.45) is 3.07. The number of carbonyl (C=O) groups excluding carboxylic acids is 2. The summed E-state index contributed by atoms with van der Waals surface area (Å²) in [6.45, 7) is 4.56. The Morgan fingerprint density at radius 1 is 1.19 bits per heavy atom. The second-order valence-electron chi connectivity index (χ2n) is 8.09. The highest BCUT2D eigenvalue weighted by atomic mass is 32.2. The first kappa shape index (κ1) is 23.0. The van der Waals surface area contributed by atoms with Gasteiger partial charge in [-0.3, -0.25) is 9.59 Å². The lowest BCUT2D eigenvalue weighted by Gasteiger charge is -2.31. The van der Waals surface area contributed by atoms with Gasteiger partial charge in [-0.15, -0.1) is 0 Å². The van der Waals surface area contributed by atoms with E-state index in [4.69, 9.17) is 5.73 Å². The predicted octanol–water partition coefficient (Wildman–Crippen LogP) is 2.10. The van der Waals surface area contributed by atoms with E-state index in [1.54, 1.807) is 7.05 Å². The van der Waals surface area contributed by atoms with Crippen LogP contribution < -0.4 is 11.1 Å². The number of rotatable bonds is 7. The van der Waals surface area contributed by atoms with Crippen LogP contribution in [0.4, 0.5) is 0 Å². The molecule has 1 aromatic heterocycles. The summed E-state index contributed by atoms with van der Waals surface area (Å²) in [5.74, 6) is -0.957. The van der Waals surface area contributed by atoms with E-state index in [0.717, 1.165) is 12.0 Å². The van der Waals surface area contributed by atoms with Crippen LogP contribution in [0.2, 0.25) is 0 Å². The van der Waals surface area contributed by atoms with E-state index in [1.807, 2.05) is 38.1 Å². The molecule has 2 heterocycles. The summed E-state index contributed by atoms with van der Waals surface area (Å²) in [5.41, 5.74) is 7.65. The molecule has 1 atom stereocenters. The number of carbonyl (C=O) groups is 2. The topological polar surface area (TPSA) is 114 Å². The van der Waals surface area contributed by atoms with Gasteiger partial charge in [-0.05, 0) is 37.8 Å². The van der Waals surface area contributed by atoms with Crippen LogP contribution >= 0.6 is 0 Å². The minimum atomic E-state index is -3.75. The average molecular weight is 447 g/mol. The Morgan fingerprint density at radius 3 is 2.32 bits per heavy atom. The van der Waals surface area contributed by atoms with Gasteiger partial charge in [-0.1, -0.05) is 36.8 Å². The van der Waals surface area contributed by atoms with E-state index in [9.17, 15) is 18.0 Å². The fourth-order valence-corrected chi connectivity index (χ4v) is 5.48. The first-order chi connectivity index (χ1) is 14.6. The maximum atomic E-state index is 12.9. The Labute approximate surface area is 183 Å². The first-order valence-electron chi connectivity index (χ1n) is 10.5. The van der Waals surface area contributed by atoms with Crippen molar-refractivity contribution in [2.45, 2.75) is 44.0 Å². The second kappa shape index (κ2) is 9.23. The fraction of sp³-hybridized carbons (Fsp3) is 0.455. The lowest BCUT2D eigenvalue weighted by atomic mass is 9.95. The maximum absolute atomic E-state index is 12.9. The number of benzene rings is 1. The molecule has 0 spiro atoms. The molecule has 0 bridgehead atoms. The van der Waals surface area contributed by atoms with Crippen molar-refractivity contribution in [3.05, 3.63) is 53.3 Å². The van der Waals surface area contributed by atoms with Gasteiger partial charge in [0.2, 0.25) is 15.9 Å². The Hall–Kier alpha value is -2.65. The fourth-order valence-electron chi connectivity index (χ4n) is 3.94. The third kappa shape index (κ3) is 4.99. The molecule has 2 amide bonds. The van der Waals surface area contributed by atoms with Gasteiger partial charge < -0.3 is 15.6 Å². The molecule has 1 aromatic carbocycles. The quantitative estimate of drug-likeness (QED) is 0.678. The molecule has 0 radical (unpaired) electrons. The normalized spacial score (nSPS) is 16.7. The summed E-state index contributed by atoms with van der Waals surface area (Å²) in [4.78, 5) is 24.3. The molecule has 3 N–H and O–H groups in total. The Balaban J connectivity index is 1.63. The van der Waals surface area contributed by atoms with Crippen molar-refractivity contribution < 1.29 is 18.0 Å². The number of nitrogens with one attached hydrogen (secondary N) is 1. The van der Waals surface area contributed by atoms with Gasteiger partial charge >= 0.3 is 0 Å². The summed E-state index contributed by atoms with van der Waals surface area (Å²) < 4.78 is 28.7. The number of sulfonamides is 1. The molecule has 9 heteroatoms. The zero-order valence-electron chi connectivity index (χ0n) is 18.2. The molecular formula is C22H30N4O4S. The van der Waals surface area contributed by atoms with Gasteiger partial charge in [-0.25, -0.2) is 8.42 Å². The monoisotopic (exact) mass is 446 g/mol. The molecule has 0 aliphatic carbocycles. The minimum Gasteiger partial charge on any atom is -0.364 e. The van der Waals surface area contributed by atoms with Gasteiger partial charge in [-0.2, -0.15) is 4.31 Å². The zero-order chi connectivity index (χ0) is 22.8. The smallest absolute Gasteiger partial charge is 0.265 e. The number of amides is 2. The summed E-state index contributed by atoms with van der Waals surface area (Å²) in [5, 5.41) is 3.12. The number of nitrogens with two attached hydrogens (primary N) is 1. The number of primary amides is 1. The van der Waals surface area contributed by atoms with Gasteiger partial charge in [0.15, 0.2) is 0 Å². The molecular weight excluding hydrogens is 416 g/mol. The van der Waals surface area contributed by atoms with E-state index >= 15 is 0 Å². The number of nitrogens with zero attached hydrogens (tertiary/aromatic N) is 2. The predicted molar refractivity (Wildman–Crippen MR) is 118 cm³/mol. The Kier molecular flexibility index (Phi) is 6.86. The number of aryl methyl sites for hydroxylation is 2. The van der Waals surface area contributed by atoms with Crippen molar-refractivity contribution in [2.75, 3.05) is 13.1 Å². The first-order valence-corrected chi connectivity index (χ1v) is 11.9. The summed E-state index contributed by atoms with van der Waals surface area (Å²) in [6, 6.07) is 9.34. The van der Waals surface area contributed by atoms with E-state index in [0.29, 0.717) is 12.8 Å². The van der Waals surface area contributed by atoms with Gasteiger partial charge in [0.05, 0.1) is 6.04 Å². The molecule has 0 saturated carbocycles. The second-order valence-corrected chi connectivity index (χ2v) is 10.0. The van der Waals surface area contributed by atoms with Crippen LogP contribution in [0, 0.1) is 12.8 Å². The Morgan fingerprint density at radius 2 is 1.81 bits per heavy atom. The van der Waals surface area contributed by atoms with E-state index in [1.165, 1.54) is 26.7 Å². The van der Waals surface area contributed by atoms with Crippen molar-refractivity contribution in [3.8, 4) is 0 Å². The molecule has 1 saturated heterocycles. The van der Waals surface area contributed by atoms with Crippen LogP contribution in [0.25, 0.3) is 0 Å². The third-order valence-corrected chi connectivity index (χ3v) is 7.76. The SMILES string of the molecule is CC[C@@H](NC(=O)C1CCN(S(=O)(=O)c2cc(C(N)=O)n(C)c2)CC1)c1ccc(C)cc1. The van der Waals surface area contributed by atoms with Gasteiger partial charge in [0.1, 0.15) is 10.6 Å². The maximum Gasteiger partial charge on any atom is 0.265 e. The van der Waals surface area contributed by atoms with Crippen molar-refractivity contribution >= 4 is 21.8 Å². The zero-order valence-corrected chi connectivity index (χ0v) is 19.0. The van der Waals surface area contributed by atoms with Crippen LogP contribution in [-0.2, 0) is 21.9 Å². The van der Waals surface area contributed by atoms with Crippen LogP contribution in [-0.4, -0.2) is 42.2 Å². The number of aromatic nitrogens is 1. The molecule has 3 rings (SSSR count). The molecule has 1 aliphatic rings. The van der Waals surface area contributed by atoms with Crippen molar-refractivity contribution in [3.63, 3.8) is 0 Å². The molecule has 0 unspecified atom stereocenters. The number of piperidine rings is 1. The van der Waals surface area contributed by atoms with Crippen molar-refractivity contribution in [2.24, 2.45) is 18.7 Å². The highest BCUT2D eigenvalue weighted by Gasteiger charge is 2.33. The largest absolute Gasteiger partial charge is 0.364 e. The van der Waals surface area contributed by atoms with Crippen LogP contribution in [0.5, 0.6) is 0 Å². The lowest BCUT2D eigenvalue weighted by molar-refractivity contribution is -0.126. The number of hydrogen-bond acceptors (Lipinski definition) is 4. The van der Waals surface area contributed by atoms with Crippen molar-refractivity contribution in [1.82, 2.24) is 14.2 Å². The van der Waals surface area contributed by atoms with E-state index < -0.39 is 15.9 Å². The number of hydrogen-bond donors (Lipinski definition) is 2. The van der Waals surface area contributed by atoms with Crippen LogP contribution in [0.3, 0.4) is 0 Å². The Bertz CT molecular complexity index is 1050. The van der Waals surface area contributed by atoms with Crippen LogP contribution in [0.15, 0.2) is 41.4 Å². The standard InChI is InChI=1S/C22H30N4O4S/c1-4-19(16-7-5-15(2)6-8-16)24-22(28)17-9-11-26(12-10-17)31(29,30)18-13-20(21(23)27)25(3)14-18/h5-8,13-14,17,19H,4,9-12H2,1-3H3,(H2,23,27)(H,24,28)/t19-/m1/s1. The van der Waals surface area contributed by atoms with E-state index in [-0.39, 0.29) is 41.5 Å². The summed E-state index contributed by atoms with van der Waals surface area (Å²) in [7, 11) is -2.17. The highest BCUT2D eigenvalue weighted by molar-refractivity contribution is 7.89. The van der Waals surface area contributed by atoms with Crippen molar-refractivity contribution in [1.29, 1.82) is 0 Å². The average Bonchev–Trinajstić information content (AvgIpc) is 3.15. The molecule has 168 valence electrons. The molecule has 1 aliphatic heterocycles. The molecule has 8 nitrogen and oxygen atoms in total. The molecule has 31 heavy (non-hydrogen) atoms. The van der Waals surface area contributed by atoms with E-state index in [2.05, 4.69) is 5.32 Å².